The van der Waals surface area contributed by atoms with E-state index < -0.39 is 0 Å². The molecule has 164 valence electrons. The van der Waals surface area contributed by atoms with E-state index in [9.17, 15) is 0 Å². The predicted molar refractivity (Wildman–Crippen MR) is 119 cm³/mol. The third kappa shape index (κ3) is 7.70. The number of aromatic amines is 1. The molecule has 2 aromatic rings. The highest BCUT2D eigenvalue weighted by Crippen LogP contribution is 2.20. The molecule has 0 aliphatic heterocycles. The van der Waals surface area contributed by atoms with Crippen LogP contribution in [-0.2, 0) is 4.84 Å². The largest absolute Gasteiger partial charge is 0.476 e. The molecule has 3 N–H and O–H groups in total. The van der Waals surface area contributed by atoms with E-state index in [-0.39, 0.29) is 0 Å². The Labute approximate surface area is 177 Å². The molecule has 0 aromatic carbocycles. The first-order chi connectivity index (χ1) is 14.6. The van der Waals surface area contributed by atoms with Crippen LogP contribution in [0.15, 0.2) is 29.1 Å². The number of H-pyrrole nitrogens is 1. The van der Waals surface area contributed by atoms with E-state index in [2.05, 4.69) is 54.7 Å². The summed E-state index contributed by atoms with van der Waals surface area (Å²) in [6, 6.07) is 3.66. The number of oxime groups is 1. The van der Waals surface area contributed by atoms with Gasteiger partial charge in [0, 0.05) is 24.9 Å². The van der Waals surface area contributed by atoms with Crippen LogP contribution in [0.25, 0.3) is 0 Å². The zero-order valence-electron chi connectivity index (χ0n) is 18.4. The first kappa shape index (κ1) is 23.1. The van der Waals surface area contributed by atoms with Crippen molar-refractivity contribution in [2.45, 2.75) is 34.6 Å². The number of hydrogen-bond acceptors (Lipinski definition) is 9. The summed E-state index contributed by atoms with van der Waals surface area (Å²) in [4.78, 5) is 16.5. The Bertz CT molecular complexity index is 830. The SMILES string of the molecule is C/C=C(/CNc1nc(Nc2cc(C)n[nH]2)cc(OCCN(CC)CC)n1)O/N=C/C. The van der Waals surface area contributed by atoms with Gasteiger partial charge >= 0.3 is 0 Å². The van der Waals surface area contributed by atoms with E-state index in [1.165, 1.54) is 0 Å². The van der Waals surface area contributed by atoms with Gasteiger partial charge in [-0.15, -0.1) is 0 Å². The van der Waals surface area contributed by atoms with Crippen molar-refractivity contribution in [3.63, 3.8) is 0 Å². The quantitative estimate of drug-likeness (QED) is 0.259. The van der Waals surface area contributed by atoms with Gasteiger partial charge in [-0.3, -0.25) is 5.10 Å². The second-order valence-corrected chi connectivity index (χ2v) is 6.40. The Hall–Kier alpha value is -3.14. The van der Waals surface area contributed by atoms with Crippen LogP contribution in [0.4, 0.5) is 17.6 Å². The molecule has 10 nitrogen and oxygen atoms in total. The fourth-order valence-electron chi connectivity index (χ4n) is 2.56. The van der Waals surface area contributed by atoms with Gasteiger partial charge < -0.3 is 25.1 Å². The molecule has 30 heavy (non-hydrogen) atoms. The summed E-state index contributed by atoms with van der Waals surface area (Å²) in [5.41, 5.74) is 0.881. The van der Waals surface area contributed by atoms with Crippen LogP contribution in [-0.4, -0.2) is 64.1 Å². The van der Waals surface area contributed by atoms with E-state index in [4.69, 9.17) is 9.57 Å². The molecule has 0 amide bonds. The monoisotopic (exact) mass is 416 g/mol. The van der Waals surface area contributed by atoms with Gasteiger partial charge in [0.25, 0.3) is 0 Å². The zero-order chi connectivity index (χ0) is 21.8. The molecule has 2 rings (SSSR count). The van der Waals surface area contributed by atoms with Crippen LogP contribution < -0.4 is 15.4 Å². The molecule has 0 aliphatic carbocycles. The minimum Gasteiger partial charge on any atom is -0.476 e. The van der Waals surface area contributed by atoms with Crippen LogP contribution in [0.3, 0.4) is 0 Å². The molecular weight excluding hydrogens is 384 g/mol. The highest BCUT2D eigenvalue weighted by atomic mass is 16.6. The number of likely N-dealkylation sites (N-methyl/N-ethyl adjacent to an activating group) is 1. The van der Waals surface area contributed by atoms with Gasteiger partial charge in [0.2, 0.25) is 11.8 Å². The standard InChI is InChI=1S/C20H32N8O2/c1-6-16(30-22-7-2)14-21-20-24-17(23-18-12-15(5)26-27-18)13-19(25-20)29-11-10-28(8-3)9-4/h6-7,12-13H,8-11,14H2,1-5H3,(H3,21,23,24,25,26,27)/b16-6-,22-7+. The molecule has 0 bridgehead atoms. The first-order valence-corrected chi connectivity index (χ1v) is 10.1. The van der Waals surface area contributed by atoms with Crippen molar-refractivity contribution in [3.05, 3.63) is 29.7 Å². The average molecular weight is 417 g/mol. The molecule has 0 aliphatic rings. The molecule has 0 spiro atoms. The maximum absolute atomic E-state index is 5.89. The second-order valence-electron chi connectivity index (χ2n) is 6.40. The van der Waals surface area contributed by atoms with E-state index in [0.717, 1.165) is 31.1 Å². The maximum atomic E-state index is 5.89. The van der Waals surface area contributed by atoms with E-state index in [1.807, 2.05) is 26.0 Å². The molecule has 0 saturated heterocycles. The minimum absolute atomic E-state index is 0.388. The fraction of sp³-hybridized carbons (Fsp3) is 0.500. The highest BCUT2D eigenvalue weighted by molar-refractivity contribution is 5.55. The summed E-state index contributed by atoms with van der Waals surface area (Å²) < 4.78 is 5.89. The number of allylic oxidation sites excluding steroid dienone is 1. The lowest BCUT2D eigenvalue weighted by Crippen LogP contribution is -2.28. The van der Waals surface area contributed by atoms with Crippen LogP contribution >= 0.6 is 0 Å². The van der Waals surface area contributed by atoms with Gasteiger partial charge in [-0.2, -0.15) is 15.1 Å². The molecule has 2 heterocycles. The Morgan fingerprint density at radius 1 is 1.23 bits per heavy atom. The number of aromatic nitrogens is 4. The van der Waals surface area contributed by atoms with Gasteiger partial charge in [-0.25, -0.2) is 0 Å². The van der Waals surface area contributed by atoms with Crippen molar-refractivity contribution >= 4 is 23.8 Å². The van der Waals surface area contributed by atoms with Gasteiger partial charge in [-0.05, 0) is 39.9 Å². The number of ether oxygens (including phenoxy) is 1. The van der Waals surface area contributed by atoms with E-state index in [1.54, 1.807) is 19.2 Å². The Morgan fingerprint density at radius 2 is 2.03 bits per heavy atom. The summed E-state index contributed by atoms with van der Waals surface area (Å²) in [5, 5.41) is 17.2. The summed E-state index contributed by atoms with van der Waals surface area (Å²) in [7, 11) is 0. The molecule has 0 atom stereocenters. The van der Waals surface area contributed by atoms with Gasteiger partial charge in [0.05, 0.1) is 12.2 Å². The first-order valence-electron chi connectivity index (χ1n) is 10.1. The zero-order valence-corrected chi connectivity index (χ0v) is 18.4. The lowest BCUT2D eigenvalue weighted by molar-refractivity contribution is 0.218. The van der Waals surface area contributed by atoms with Crippen molar-refractivity contribution in [1.82, 2.24) is 25.1 Å². The smallest absolute Gasteiger partial charge is 0.228 e. The van der Waals surface area contributed by atoms with E-state index >= 15 is 0 Å². The van der Waals surface area contributed by atoms with Gasteiger partial charge in [0.1, 0.15) is 24.0 Å². The van der Waals surface area contributed by atoms with Crippen molar-refractivity contribution in [3.8, 4) is 5.88 Å². The molecule has 0 fully saturated rings. The lowest BCUT2D eigenvalue weighted by Gasteiger charge is -2.18. The third-order valence-corrected chi connectivity index (χ3v) is 4.24. The van der Waals surface area contributed by atoms with Crippen LogP contribution in [0.5, 0.6) is 5.88 Å². The second kappa shape index (κ2) is 12.4. The highest BCUT2D eigenvalue weighted by Gasteiger charge is 2.09. The van der Waals surface area contributed by atoms with Crippen LogP contribution in [0, 0.1) is 6.92 Å². The summed E-state index contributed by atoms with van der Waals surface area (Å²) in [6.45, 7) is 13.6. The molecular formula is C20H32N8O2. The number of nitrogens with one attached hydrogen (secondary N) is 3. The lowest BCUT2D eigenvalue weighted by atomic mass is 10.4. The molecule has 0 radical (unpaired) electrons. The van der Waals surface area contributed by atoms with E-state index in [0.29, 0.717) is 36.6 Å². The number of rotatable bonds is 13. The van der Waals surface area contributed by atoms with Crippen molar-refractivity contribution in [1.29, 1.82) is 0 Å². The van der Waals surface area contributed by atoms with Crippen LogP contribution in [0.1, 0.15) is 33.4 Å². The van der Waals surface area contributed by atoms with Crippen molar-refractivity contribution < 1.29 is 9.57 Å². The topological polar surface area (TPSA) is 113 Å². The predicted octanol–water partition coefficient (Wildman–Crippen LogP) is 3.31. The molecule has 0 unspecified atom stereocenters. The number of nitrogens with zero attached hydrogens (tertiary/aromatic N) is 5. The fourth-order valence-corrected chi connectivity index (χ4v) is 2.56. The Balaban J connectivity index is 2.12. The normalized spacial score (nSPS) is 11.9. The van der Waals surface area contributed by atoms with Crippen LogP contribution in [0.2, 0.25) is 0 Å². The molecule has 2 aromatic heterocycles. The summed E-state index contributed by atoms with van der Waals surface area (Å²) in [6.07, 6.45) is 3.41. The molecule has 0 saturated carbocycles. The summed E-state index contributed by atoms with van der Waals surface area (Å²) >= 11 is 0. The van der Waals surface area contributed by atoms with Crippen molar-refractivity contribution in [2.24, 2.45) is 5.16 Å². The average Bonchev–Trinajstić information content (AvgIpc) is 3.15. The van der Waals surface area contributed by atoms with Gasteiger partial charge in [0.15, 0.2) is 0 Å². The molecule has 10 heteroatoms. The Morgan fingerprint density at radius 3 is 2.67 bits per heavy atom. The van der Waals surface area contributed by atoms with Gasteiger partial charge in [-0.1, -0.05) is 19.0 Å². The number of hydrogen-bond donors (Lipinski definition) is 3. The maximum Gasteiger partial charge on any atom is 0.228 e. The Kier molecular flexibility index (Phi) is 9.59. The third-order valence-electron chi connectivity index (χ3n) is 4.24. The number of anilines is 3. The summed E-state index contributed by atoms with van der Waals surface area (Å²) in [5.74, 6) is 2.87. The number of aryl methyl sites for hydroxylation is 1. The minimum atomic E-state index is 0.388. The van der Waals surface area contributed by atoms with Crippen molar-refractivity contribution in [2.75, 3.05) is 43.4 Å².